The normalized spacial score (nSPS) is 18.2. The van der Waals surface area contributed by atoms with Crippen molar-refractivity contribution >= 4 is 5.97 Å². The molecule has 0 aliphatic heterocycles. The van der Waals surface area contributed by atoms with Crippen LogP contribution in [0.5, 0.6) is 0 Å². The van der Waals surface area contributed by atoms with E-state index in [9.17, 15) is 4.79 Å². The molecule has 0 saturated heterocycles. The Hall–Kier alpha value is -1.45. The first-order valence-corrected chi connectivity index (χ1v) is 4.19. The molecule has 4 nitrogen and oxygen atoms in total. The van der Waals surface area contributed by atoms with Crippen LogP contribution in [0.2, 0.25) is 0 Å². The average Bonchev–Trinajstić information content (AvgIpc) is 2.85. The fourth-order valence-electron chi connectivity index (χ4n) is 1.18. The summed E-state index contributed by atoms with van der Waals surface area (Å²) in [5.41, 5.74) is 0.115. The Morgan fingerprint density at radius 1 is 1.62 bits per heavy atom. The fourth-order valence-corrected chi connectivity index (χ4v) is 1.18. The Balaban J connectivity index is 2.38. The third kappa shape index (κ3) is 1.39. The zero-order chi connectivity index (χ0) is 9.47. The standard InChI is InChI=1S/C9H10N2O2/c1-9(3-4-9)8-10-5-2-6(11-8)7(12)13/h2,5H,3-4H2,1H3,(H,12,13). The number of carboxylic acids is 1. The molecule has 1 fully saturated rings. The molecule has 1 aliphatic carbocycles. The predicted molar refractivity (Wildman–Crippen MR) is 45.6 cm³/mol. The Kier molecular flexibility index (Phi) is 1.58. The molecular formula is C9H10N2O2. The summed E-state index contributed by atoms with van der Waals surface area (Å²) in [6, 6.07) is 1.41. The van der Waals surface area contributed by atoms with Crippen molar-refractivity contribution in [1.82, 2.24) is 9.97 Å². The second kappa shape index (κ2) is 2.52. The van der Waals surface area contributed by atoms with Crippen LogP contribution in [0.1, 0.15) is 36.1 Å². The molecule has 1 aliphatic rings. The Bertz CT molecular complexity index is 358. The Morgan fingerprint density at radius 2 is 2.31 bits per heavy atom. The van der Waals surface area contributed by atoms with Crippen LogP contribution in [-0.4, -0.2) is 21.0 Å². The lowest BCUT2D eigenvalue weighted by Crippen LogP contribution is -2.10. The number of rotatable bonds is 2. The number of aromatic carboxylic acids is 1. The maximum Gasteiger partial charge on any atom is 0.354 e. The summed E-state index contributed by atoms with van der Waals surface area (Å²) in [5.74, 6) is -0.333. The summed E-state index contributed by atoms with van der Waals surface area (Å²) in [6.07, 6.45) is 3.61. The minimum absolute atomic E-state index is 0.0332. The van der Waals surface area contributed by atoms with Gasteiger partial charge in [0.15, 0.2) is 5.69 Å². The van der Waals surface area contributed by atoms with Crippen LogP contribution >= 0.6 is 0 Å². The highest BCUT2D eigenvalue weighted by atomic mass is 16.4. The summed E-state index contributed by atoms with van der Waals surface area (Å²) in [6.45, 7) is 2.05. The highest BCUT2D eigenvalue weighted by Crippen LogP contribution is 2.45. The first-order valence-electron chi connectivity index (χ1n) is 4.19. The van der Waals surface area contributed by atoms with Crippen molar-refractivity contribution in [2.24, 2.45) is 0 Å². The highest BCUT2D eigenvalue weighted by Gasteiger charge is 2.42. The molecule has 0 aromatic carbocycles. The van der Waals surface area contributed by atoms with Crippen molar-refractivity contribution in [1.29, 1.82) is 0 Å². The zero-order valence-electron chi connectivity index (χ0n) is 7.32. The second-order valence-corrected chi connectivity index (χ2v) is 3.63. The van der Waals surface area contributed by atoms with E-state index in [1.807, 2.05) is 6.92 Å². The molecule has 13 heavy (non-hydrogen) atoms. The smallest absolute Gasteiger partial charge is 0.354 e. The van der Waals surface area contributed by atoms with E-state index in [1.54, 1.807) is 0 Å². The third-order valence-corrected chi connectivity index (χ3v) is 2.41. The van der Waals surface area contributed by atoms with Crippen molar-refractivity contribution < 1.29 is 9.90 Å². The molecule has 68 valence electrons. The molecule has 0 atom stereocenters. The first kappa shape index (κ1) is 8.16. The first-order chi connectivity index (χ1) is 6.12. The van der Waals surface area contributed by atoms with Gasteiger partial charge in [-0.1, -0.05) is 6.92 Å². The van der Waals surface area contributed by atoms with Gasteiger partial charge in [-0.3, -0.25) is 0 Å². The van der Waals surface area contributed by atoms with E-state index in [4.69, 9.17) is 5.11 Å². The third-order valence-electron chi connectivity index (χ3n) is 2.41. The number of carboxylic acid groups (broad SMARTS) is 1. The number of hydrogen-bond donors (Lipinski definition) is 1. The topological polar surface area (TPSA) is 63.1 Å². The molecule has 1 heterocycles. The van der Waals surface area contributed by atoms with Crippen LogP contribution in [-0.2, 0) is 5.41 Å². The predicted octanol–water partition coefficient (Wildman–Crippen LogP) is 1.23. The van der Waals surface area contributed by atoms with Gasteiger partial charge in [0.25, 0.3) is 0 Å². The summed E-state index contributed by atoms with van der Waals surface area (Å²) < 4.78 is 0. The van der Waals surface area contributed by atoms with Gasteiger partial charge in [-0.2, -0.15) is 0 Å². The number of aromatic nitrogens is 2. The van der Waals surface area contributed by atoms with Crippen molar-refractivity contribution in [3.63, 3.8) is 0 Å². The largest absolute Gasteiger partial charge is 0.477 e. The van der Waals surface area contributed by atoms with Crippen LogP contribution in [0.3, 0.4) is 0 Å². The van der Waals surface area contributed by atoms with Gasteiger partial charge >= 0.3 is 5.97 Å². The lowest BCUT2D eigenvalue weighted by molar-refractivity contribution is 0.0690. The average molecular weight is 178 g/mol. The molecule has 4 heteroatoms. The molecule has 0 spiro atoms. The molecule has 1 aromatic heterocycles. The monoisotopic (exact) mass is 178 g/mol. The summed E-state index contributed by atoms with van der Waals surface area (Å²) in [5, 5.41) is 8.71. The van der Waals surface area contributed by atoms with E-state index in [1.165, 1.54) is 12.3 Å². The van der Waals surface area contributed by atoms with E-state index in [-0.39, 0.29) is 11.1 Å². The molecular weight excluding hydrogens is 168 g/mol. The fraction of sp³-hybridized carbons (Fsp3) is 0.444. The lowest BCUT2D eigenvalue weighted by atomic mass is 10.1. The van der Waals surface area contributed by atoms with Crippen molar-refractivity contribution in [3.8, 4) is 0 Å². The highest BCUT2D eigenvalue weighted by molar-refractivity contribution is 5.85. The summed E-state index contributed by atoms with van der Waals surface area (Å²) in [7, 11) is 0. The molecule has 0 radical (unpaired) electrons. The van der Waals surface area contributed by atoms with Crippen LogP contribution in [0.25, 0.3) is 0 Å². The van der Waals surface area contributed by atoms with Crippen LogP contribution < -0.4 is 0 Å². The number of nitrogens with zero attached hydrogens (tertiary/aromatic N) is 2. The molecule has 1 N–H and O–H groups in total. The zero-order valence-corrected chi connectivity index (χ0v) is 7.32. The SMILES string of the molecule is CC1(c2nccc(C(=O)O)n2)CC1. The van der Waals surface area contributed by atoms with Crippen LogP contribution in [0.4, 0.5) is 0 Å². The van der Waals surface area contributed by atoms with Gasteiger partial charge in [-0.05, 0) is 18.9 Å². The second-order valence-electron chi connectivity index (χ2n) is 3.63. The van der Waals surface area contributed by atoms with E-state index in [0.717, 1.165) is 12.8 Å². The van der Waals surface area contributed by atoms with Crippen LogP contribution in [0.15, 0.2) is 12.3 Å². The van der Waals surface area contributed by atoms with Gasteiger partial charge in [0, 0.05) is 11.6 Å². The van der Waals surface area contributed by atoms with Crippen molar-refractivity contribution in [2.75, 3.05) is 0 Å². The minimum Gasteiger partial charge on any atom is -0.477 e. The van der Waals surface area contributed by atoms with Crippen LogP contribution in [0, 0.1) is 0 Å². The Morgan fingerprint density at radius 3 is 2.85 bits per heavy atom. The molecule has 1 saturated carbocycles. The van der Waals surface area contributed by atoms with E-state index < -0.39 is 5.97 Å². The number of carbonyl (C=O) groups is 1. The maximum atomic E-state index is 10.6. The van der Waals surface area contributed by atoms with Gasteiger partial charge < -0.3 is 5.11 Å². The minimum atomic E-state index is -0.993. The van der Waals surface area contributed by atoms with Crippen molar-refractivity contribution in [3.05, 3.63) is 23.8 Å². The molecule has 0 bridgehead atoms. The Labute approximate surface area is 75.6 Å². The van der Waals surface area contributed by atoms with Gasteiger partial charge in [-0.25, -0.2) is 14.8 Å². The molecule has 2 rings (SSSR count). The van der Waals surface area contributed by atoms with Gasteiger partial charge in [0.2, 0.25) is 0 Å². The maximum absolute atomic E-state index is 10.6. The molecule has 0 unspecified atom stereocenters. The van der Waals surface area contributed by atoms with Crippen molar-refractivity contribution in [2.45, 2.75) is 25.2 Å². The van der Waals surface area contributed by atoms with E-state index in [0.29, 0.717) is 5.82 Å². The van der Waals surface area contributed by atoms with Gasteiger partial charge in [0.1, 0.15) is 5.82 Å². The lowest BCUT2D eigenvalue weighted by Gasteiger charge is -2.05. The summed E-state index contributed by atoms with van der Waals surface area (Å²) in [4.78, 5) is 18.7. The number of hydrogen-bond acceptors (Lipinski definition) is 3. The molecule has 0 amide bonds. The van der Waals surface area contributed by atoms with E-state index >= 15 is 0 Å². The van der Waals surface area contributed by atoms with Gasteiger partial charge in [-0.15, -0.1) is 0 Å². The molecule has 1 aromatic rings. The quantitative estimate of drug-likeness (QED) is 0.739. The van der Waals surface area contributed by atoms with Gasteiger partial charge in [0.05, 0.1) is 0 Å². The van der Waals surface area contributed by atoms with E-state index in [2.05, 4.69) is 9.97 Å². The summed E-state index contributed by atoms with van der Waals surface area (Å²) >= 11 is 0.